The highest BCUT2D eigenvalue weighted by atomic mass is 16.6. The van der Waals surface area contributed by atoms with E-state index in [0.29, 0.717) is 12.8 Å². The monoisotopic (exact) mass is 184 g/mol. The highest BCUT2D eigenvalue weighted by Gasteiger charge is 2.47. The number of carbonyl (C=O) groups excluding carboxylic acids is 2. The van der Waals surface area contributed by atoms with E-state index in [9.17, 15) is 9.59 Å². The predicted octanol–water partition coefficient (Wildman–Crippen LogP) is 0.501. The van der Waals surface area contributed by atoms with Crippen molar-refractivity contribution >= 4 is 11.9 Å². The molecule has 2 rings (SSSR count). The Hall–Kier alpha value is -0.900. The van der Waals surface area contributed by atoms with Crippen LogP contribution in [-0.2, 0) is 19.1 Å². The summed E-state index contributed by atoms with van der Waals surface area (Å²) in [6.07, 6.45) is 2.30. The summed E-state index contributed by atoms with van der Waals surface area (Å²) < 4.78 is 9.73. The molecule has 3 atom stereocenters. The molecule has 0 N–H and O–H groups in total. The second-order valence-corrected chi connectivity index (χ2v) is 3.62. The van der Waals surface area contributed by atoms with Gasteiger partial charge in [0.15, 0.2) is 0 Å². The van der Waals surface area contributed by atoms with Crippen molar-refractivity contribution in [3.8, 4) is 0 Å². The lowest BCUT2D eigenvalue weighted by Crippen LogP contribution is -2.30. The van der Waals surface area contributed by atoms with Crippen molar-refractivity contribution in [1.82, 2.24) is 0 Å². The molecular formula is C9H12O4. The molecule has 2 fully saturated rings. The van der Waals surface area contributed by atoms with Gasteiger partial charge in [0, 0.05) is 7.11 Å². The van der Waals surface area contributed by atoms with Crippen LogP contribution in [0.2, 0.25) is 0 Å². The van der Waals surface area contributed by atoms with Gasteiger partial charge in [-0.3, -0.25) is 9.59 Å². The average molecular weight is 184 g/mol. The molecule has 1 aliphatic heterocycles. The fourth-order valence-corrected chi connectivity index (χ4v) is 2.14. The normalized spacial score (nSPS) is 38.7. The number of methoxy groups -OCH3 is 1. The molecule has 0 amide bonds. The van der Waals surface area contributed by atoms with Crippen LogP contribution in [0.25, 0.3) is 0 Å². The zero-order chi connectivity index (χ0) is 9.42. The Morgan fingerprint density at radius 3 is 2.62 bits per heavy atom. The van der Waals surface area contributed by atoms with E-state index in [4.69, 9.17) is 4.74 Å². The number of fused-ring (bicyclic) bond motifs is 1. The SMILES string of the molecule is CO[C@@H]1CC[C@@H]2C(=O)OC(=O)[C@@H]2C1. The van der Waals surface area contributed by atoms with Gasteiger partial charge in [0.2, 0.25) is 0 Å². The smallest absolute Gasteiger partial charge is 0.317 e. The van der Waals surface area contributed by atoms with Gasteiger partial charge in [0.05, 0.1) is 17.9 Å². The summed E-state index contributed by atoms with van der Waals surface area (Å²) in [5, 5.41) is 0. The maximum atomic E-state index is 11.2. The van der Waals surface area contributed by atoms with Gasteiger partial charge >= 0.3 is 11.9 Å². The van der Waals surface area contributed by atoms with Crippen LogP contribution in [0.4, 0.5) is 0 Å². The molecule has 4 heteroatoms. The van der Waals surface area contributed by atoms with Crippen LogP contribution >= 0.6 is 0 Å². The first kappa shape index (κ1) is 8.69. The molecule has 0 bridgehead atoms. The predicted molar refractivity (Wildman–Crippen MR) is 42.7 cm³/mol. The Morgan fingerprint density at radius 2 is 1.92 bits per heavy atom. The Bertz CT molecular complexity index is 248. The summed E-state index contributed by atoms with van der Waals surface area (Å²) >= 11 is 0. The highest BCUT2D eigenvalue weighted by molar-refractivity contribution is 5.96. The van der Waals surface area contributed by atoms with Crippen LogP contribution in [0, 0.1) is 11.8 Å². The van der Waals surface area contributed by atoms with Crippen LogP contribution in [0.5, 0.6) is 0 Å². The molecule has 13 heavy (non-hydrogen) atoms. The van der Waals surface area contributed by atoms with Crippen molar-refractivity contribution < 1.29 is 19.1 Å². The molecule has 0 aromatic rings. The Balaban J connectivity index is 2.10. The van der Waals surface area contributed by atoms with Gasteiger partial charge in [-0.1, -0.05) is 0 Å². The van der Waals surface area contributed by atoms with E-state index in [2.05, 4.69) is 4.74 Å². The van der Waals surface area contributed by atoms with Crippen LogP contribution in [0.15, 0.2) is 0 Å². The largest absolute Gasteiger partial charge is 0.393 e. The topological polar surface area (TPSA) is 52.6 Å². The van der Waals surface area contributed by atoms with Gasteiger partial charge in [-0.15, -0.1) is 0 Å². The summed E-state index contributed by atoms with van der Waals surface area (Å²) in [6.45, 7) is 0. The number of cyclic esters (lactones) is 2. The first-order valence-electron chi connectivity index (χ1n) is 4.50. The zero-order valence-electron chi connectivity index (χ0n) is 7.49. The van der Waals surface area contributed by atoms with E-state index in [0.717, 1.165) is 6.42 Å². The summed E-state index contributed by atoms with van der Waals surface area (Å²) in [5.41, 5.74) is 0. The molecular weight excluding hydrogens is 172 g/mol. The summed E-state index contributed by atoms with van der Waals surface area (Å²) in [4.78, 5) is 22.3. The molecule has 1 saturated carbocycles. The molecule has 0 spiro atoms. The van der Waals surface area contributed by atoms with Crippen molar-refractivity contribution in [2.75, 3.05) is 7.11 Å². The minimum atomic E-state index is -0.364. The van der Waals surface area contributed by atoms with E-state index < -0.39 is 0 Å². The van der Waals surface area contributed by atoms with Crippen LogP contribution in [0.3, 0.4) is 0 Å². The van der Waals surface area contributed by atoms with Crippen molar-refractivity contribution in [3.05, 3.63) is 0 Å². The van der Waals surface area contributed by atoms with E-state index >= 15 is 0 Å². The number of esters is 2. The minimum absolute atomic E-state index is 0.111. The standard InChI is InChI=1S/C9H12O4/c1-12-5-2-3-6-7(4-5)9(11)13-8(6)10/h5-7H,2-4H2,1H3/t5-,6+,7-/m1/s1. The molecule has 72 valence electrons. The Morgan fingerprint density at radius 1 is 1.23 bits per heavy atom. The van der Waals surface area contributed by atoms with Crippen molar-refractivity contribution in [2.24, 2.45) is 11.8 Å². The lowest BCUT2D eigenvalue weighted by Gasteiger charge is -2.26. The molecule has 0 unspecified atom stereocenters. The fraction of sp³-hybridized carbons (Fsp3) is 0.778. The van der Waals surface area contributed by atoms with Gasteiger partial charge in [-0.2, -0.15) is 0 Å². The maximum absolute atomic E-state index is 11.2. The number of hydrogen-bond donors (Lipinski definition) is 0. The zero-order valence-corrected chi connectivity index (χ0v) is 7.49. The lowest BCUT2D eigenvalue weighted by molar-refractivity contribution is -0.153. The highest BCUT2D eigenvalue weighted by Crippen LogP contribution is 2.37. The van der Waals surface area contributed by atoms with Crippen LogP contribution in [-0.4, -0.2) is 25.2 Å². The first-order chi connectivity index (χ1) is 6.22. The fourth-order valence-electron chi connectivity index (χ4n) is 2.14. The lowest BCUT2D eigenvalue weighted by atomic mass is 9.79. The second-order valence-electron chi connectivity index (χ2n) is 3.62. The number of carbonyl (C=O) groups is 2. The summed E-state index contributed by atoms with van der Waals surface area (Å²) in [6, 6.07) is 0. The first-order valence-corrected chi connectivity index (χ1v) is 4.50. The van der Waals surface area contributed by atoms with Crippen molar-refractivity contribution in [3.63, 3.8) is 0 Å². The van der Waals surface area contributed by atoms with Gasteiger partial charge < -0.3 is 9.47 Å². The van der Waals surface area contributed by atoms with E-state index in [1.807, 2.05) is 0 Å². The molecule has 0 radical (unpaired) electrons. The molecule has 1 aliphatic carbocycles. The Kier molecular flexibility index (Phi) is 2.07. The van der Waals surface area contributed by atoms with E-state index in [-0.39, 0.29) is 29.9 Å². The molecule has 0 aromatic heterocycles. The van der Waals surface area contributed by atoms with E-state index in [1.54, 1.807) is 7.11 Å². The molecule has 4 nitrogen and oxygen atoms in total. The second kappa shape index (κ2) is 3.10. The van der Waals surface area contributed by atoms with Crippen LogP contribution < -0.4 is 0 Å². The minimum Gasteiger partial charge on any atom is -0.393 e. The third-order valence-corrected chi connectivity index (χ3v) is 2.94. The molecule has 1 heterocycles. The van der Waals surface area contributed by atoms with Crippen LogP contribution in [0.1, 0.15) is 19.3 Å². The maximum Gasteiger partial charge on any atom is 0.317 e. The Labute approximate surface area is 76.2 Å². The third kappa shape index (κ3) is 1.35. The number of ether oxygens (including phenoxy) is 2. The average Bonchev–Trinajstić information content (AvgIpc) is 2.42. The molecule has 2 aliphatic rings. The van der Waals surface area contributed by atoms with Gasteiger partial charge in [0.1, 0.15) is 0 Å². The summed E-state index contributed by atoms with van der Waals surface area (Å²) in [7, 11) is 1.63. The van der Waals surface area contributed by atoms with Crippen molar-refractivity contribution in [2.45, 2.75) is 25.4 Å². The van der Waals surface area contributed by atoms with Gasteiger partial charge in [-0.05, 0) is 19.3 Å². The third-order valence-electron chi connectivity index (χ3n) is 2.94. The van der Waals surface area contributed by atoms with Gasteiger partial charge in [0.25, 0.3) is 0 Å². The summed E-state index contributed by atoms with van der Waals surface area (Å²) in [5.74, 6) is -1.15. The number of hydrogen-bond acceptors (Lipinski definition) is 4. The quantitative estimate of drug-likeness (QED) is 0.440. The molecule has 0 aromatic carbocycles. The van der Waals surface area contributed by atoms with Gasteiger partial charge in [-0.25, -0.2) is 0 Å². The van der Waals surface area contributed by atoms with Crippen molar-refractivity contribution in [1.29, 1.82) is 0 Å². The number of rotatable bonds is 1. The molecule has 1 saturated heterocycles. The van der Waals surface area contributed by atoms with E-state index in [1.165, 1.54) is 0 Å².